The van der Waals surface area contributed by atoms with Gasteiger partial charge in [-0.25, -0.2) is 4.79 Å². The number of piperidine rings is 2. The van der Waals surface area contributed by atoms with E-state index < -0.39 is 0 Å². The number of aryl methyl sites for hydroxylation is 1. The molecular formula is C19H27N3O2. The molecule has 3 rings (SSSR count). The average Bonchev–Trinajstić information content (AvgIpc) is 2.60. The van der Waals surface area contributed by atoms with Crippen molar-refractivity contribution in [2.45, 2.75) is 51.0 Å². The number of likely N-dealkylation sites (tertiary alicyclic amines) is 2. The smallest absolute Gasteiger partial charge is 0.321 e. The largest absolute Gasteiger partial charge is 0.338 e. The minimum absolute atomic E-state index is 0.0613. The van der Waals surface area contributed by atoms with Crippen molar-refractivity contribution in [3.8, 4) is 0 Å². The summed E-state index contributed by atoms with van der Waals surface area (Å²) in [6.07, 6.45) is 5.43. The van der Waals surface area contributed by atoms with Gasteiger partial charge in [-0.3, -0.25) is 4.79 Å². The Labute approximate surface area is 144 Å². The topological polar surface area (TPSA) is 52.7 Å². The van der Waals surface area contributed by atoms with Gasteiger partial charge in [-0.1, -0.05) is 19.1 Å². The van der Waals surface area contributed by atoms with Crippen LogP contribution in [0, 0.1) is 0 Å². The molecular weight excluding hydrogens is 302 g/mol. The number of anilines is 1. The van der Waals surface area contributed by atoms with Crippen LogP contribution in [0.25, 0.3) is 0 Å². The zero-order valence-corrected chi connectivity index (χ0v) is 14.7. The van der Waals surface area contributed by atoms with Gasteiger partial charge < -0.3 is 15.1 Å². The van der Waals surface area contributed by atoms with Crippen LogP contribution in [-0.4, -0.2) is 47.4 Å². The van der Waals surface area contributed by atoms with Crippen molar-refractivity contribution in [3.05, 3.63) is 29.8 Å². The monoisotopic (exact) mass is 329 g/mol. The molecule has 5 heteroatoms. The lowest BCUT2D eigenvalue weighted by Gasteiger charge is -2.50. The first kappa shape index (κ1) is 16.8. The molecule has 0 saturated carbocycles. The van der Waals surface area contributed by atoms with E-state index in [1.807, 2.05) is 35.0 Å². The second-order valence-electron chi connectivity index (χ2n) is 7.04. The first-order valence-corrected chi connectivity index (χ1v) is 8.95. The number of benzene rings is 1. The molecule has 2 aliphatic rings. The predicted octanol–water partition coefficient (Wildman–Crippen LogP) is 3.26. The molecule has 1 spiro atoms. The molecule has 0 aliphatic carbocycles. The minimum Gasteiger partial charge on any atom is -0.338 e. The highest BCUT2D eigenvalue weighted by Gasteiger charge is 2.44. The summed E-state index contributed by atoms with van der Waals surface area (Å²) in [5, 5.41) is 3.02. The highest BCUT2D eigenvalue weighted by Crippen LogP contribution is 2.35. The zero-order chi connectivity index (χ0) is 17.2. The Bertz CT molecular complexity index is 627. The van der Waals surface area contributed by atoms with Crippen LogP contribution in [0.2, 0.25) is 0 Å². The predicted molar refractivity (Wildman–Crippen MR) is 95.0 cm³/mol. The summed E-state index contributed by atoms with van der Waals surface area (Å²) in [4.78, 5) is 28.6. The minimum atomic E-state index is -0.170. The maximum Gasteiger partial charge on any atom is 0.321 e. The molecule has 1 aromatic rings. The van der Waals surface area contributed by atoms with E-state index in [4.69, 9.17) is 0 Å². The number of likely N-dealkylation sites (N-methyl/N-ethyl adjacent to an activating group) is 1. The molecule has 1 aromatic carbocycles. The molecule has 2 heterocycles. The number of urea groups is 1. The third-order valence-electron chi connectivity index (χ3n) is 5.55. The third kappa shape index (κ3) is 3.25. The molecule has 1 N–H and O–H groups in total. The number of amides is 3. The van der Waals surface area contributed by atoms with Crippen LogP contribution in [0.15, 0.2) is 24.3 Å². The fourth-order valence-electron chi connectivity index (χ4n) is 4.00. The Morgan fingerprint density at radius 3 is 2.88 bits per heavy atom. The highest BCUT2D eigenvalue weighted by molar-refractivity contribution is 5.89. The van der Waals surface area contributed by atoms with Gasteiger partial charge in [0, 0.05) is 32.2 Å². The highest BCUT2D eigenvalue weighted by atomic mass is 16.2. The van der Waals surface area contributed by atoms with E-state index in [1.165, 1.54) is 5.56 Å². The van der Waals surface area contributed by atoms with Gasteiger partial charge in [0.1, 0.15) is 0 Å². The molecule has 0 bridgehead atoms. The normalized spacial score (nSPS) is 24.3. The first-order chi connectivity index (χ1) is 11.5. The van der Waals surface area contributed by atoms with Gasteiger partial charge in [0.15, 0.2) is 0 Å². The number of hydrogen-bond donors (Lipinski definition) is 1. The van der Waals surface area contributed by atoms with Crippen molar-refractivity contribution >= 4 is 17.6 Å². The second-order valence-corrected chi connectivity index (χ2v) is 7.04. The fourth-order valence-corrected chi connectivity index (χ4v) is 4.00. The summed E-state index contributed by atoms with van der Waals surface area (Å²) in [5.74, 6) is 0.208. The second kappa shape index (κ2) is 6.83. The van der Waals surface area contributed by atoms with Gasteiger partial charge in [-0.05, 0) is 49.8 Å². The van der Waals surface area contributed by atoms with E-state index in [1.54, 1.807) is 0 Å². The fraction of sp³-hybridized carbons (Fsp3) is 0.579. The Balaban J connectivity index is 1.70. The molecule has 3 amide bonds. The van der Waals surface area contributed by atoms with Gasteiger partial charge in [-0.2, -0.15) is 0 Å². The van der Waals surface area contributed by atoms with Gasteiger partial charge in [0.05, 0.1) is 5.54 Å². The number of nitrogens with zero attached hydrogens (tertiary/aromatic N) is 2. The standard InChI is InChI=1S/C19H27N3O2/c1-3-15-7-4-8-16(13-15)20-18(24)22-12-6-11-19(14-22)10-5-9-17(23)21(19)2/h4,7-8,13H,3,5-6,9-12,14H2,1-2H3,(H,20,24)/t19-/m0/s1. The number of hydrogen-bond acceptors (Lipinski definition) is 2. The SMILES string of the molecule is CCc1cccc(NC(=O)N2CCC[C@@]3(CCCC(=O)N3C)C2)c1. The van der Waals surface area contributed by atoms with E-state index >= 15 is 0 Å². The molecule has 0 unspecified atom stereocenters. The molecule has 130 valence electrons. The van der Waals surface area contributed by atoms with Crippen molar-refractivity contribution in [2.24, 2.45) is 0 Å². The van der Waals surface area contributed by atoms with Crippen molar-refractivity contribution in [2.75, 3.05) is 25.5 Å². The summed E-state index contributed by atoms with van der Waals surface area (Å²) in [7, 11) is 1.90. The summed E-state index contributed by atoms with van der Waals surface area (Å²) in [6, 6.07) is 7.92. The lowest BCUT2D eigenvalue weighted by molar-refractivity contribution is -0.142. The van der Waals surface area contributed by atoms with Gasteiger partial charge in [-0.15, -0.1) is 0 Å². The molecule has 0 radical (unpaired) electrons. The maximum atomic E-state index is 12.7. The van der Waals surface area contributed by atoms with Crippen molar-refractivity contribution < 1.29 is 9.59 Å². The first-order valence-electron chi connectivity index (χ1n) is 8.95. The van der Waals surface area contributed by atoms with Crippen LogP contribution in [0.1, 0.15) is 44.6 Å². The number of rotatable bonds is 2. The average molecular weight is 329 g/mol. The molecule has 1 atom stereocenters. The Kier molecular flexibility index (Phi) is 4.78. The van der Waals surface area contributed by atoms with Crippen molar-refractivity contribution in [1.29, 1.82) is 0 Å². The van der Waals surface area contributed by atoms with E-state index in [-0.39, 0.29) is 17.5 Å². The third-order valence-corrected chi connectivity index (χ3v) is 5.55. The molecule has 5 nitrogen and oxygen atoms in total. The summed E-state index contributed by atoms with van der Waals surface area (Å²) >= 11 is 0. The quantitative estimate of drug-likeness (QED) is 0.905. The Morgan fingerprint density at radius 2 is 2.08 bits per heavy atom. The van der Waals surface area contributed by atoms with Gasteiger partial charge in [0.25, 0.3) is 0 Å². The molecule has 0 aromatic heterocycles. The van der Waals surface area contributed by atoms with E-state index in [9.17, 15) is 9.59 Å². The van der Waals surface area contributed by atoms with Crippen molar-refractivity contribution in [3.63, 3.8) is 0 Å². The number of nitrogens with one attached hydrogen (secondary N) is 1. The van der Waals surface area contributed by atoms with Gasteiger partial charge >= 0.3 is 6.03 Å². The lowest BCUT2D eigenvalue weighted by atomic mass is 9.80. The number of carbonyl (C=O) groups excluding carboxylic acids is 2. The molecule has 2 aliphatic heterocycles. The summed E-state index contributed by atoms with van der Waals surface area (Å²) in [6.45, 7) is 3.49. The summed E-state index contributed by atoms with van der Waals surface area (Å²) in [5.41, 5.74) is 1.88. The van der Waals surface area contributed by atoms with E-state index in [2.05, 4.69) is 18.3 Å². The molecule has 24 heavy (non-hydrogen) atoms. The van der Waals surface area contributed by atoms with Crippen LogP contribution in [0.5, 0.6) is 0 Å². The Morgan fingerprint density at radius 1 is 1.29 bits per heavy atom. The Hall–Kier alpha value is -2.04. The summed E-state index contributed by atoms with van der Waals surface area (Å²) < 4.78 is 0. The zero-order valence-electron chi connectivity index (χ0n) is 14.7. The maximum absolute atomic E-state index is 12.7. The number of carbonyl (C=O) groups is 2. The van der Waals surface area contributed by atoms with Crippen LogP contribution < -0.4 is 5.32 Å². The molecule has 2 fully saturated rings. The van der Waals surface area contributed by atoms with Crippen LogP contribution >= 0.6 is 0 Å². The van der Waals surface area contributed by atoms with Crippen LogP contribution in [0.3, 0.4) is 0 Å². The van der Waals surface area contributed by atoms with Gasteiger partial charge in [0.2, 0.25) is 5.91 Å². The van der Waals surface area contributed by atoms with Crippen LogP contribution in [0.4, 0.5) is 10.5 Å². The van der Waals surface area contributed by atoms with Crippen molar-refractivity contribution in [1.82, 2.24) is 9.80 Å². The molecule has 2 saturated heterocycles. The van der Waals surface area contributed by atoms with E-state index in [0.29, 0.717) is 13.0 Å². The lowest BCUT2D eigenvalue weighted by Crippen LogP contribution is -2.62. The van der Waals surface area contributed by atoms with E-state index in [0.717, 1.165) is 44.3 Å². The van der Waals surface area contributed by atoms with Crippen LogP contribution in [-0.2, 0) is 11.2 Å².